The fraction of sp³-hybridized carbons (Fsp3) is 0.263. The van der Waals surface area contributed by atoms with Gasteiger partial charge < -0.3 is 16.0 Å². The Hall–Kier alpha value is -2.66. The minimum atomic E-state index is -0.351. The summed E-state index contributed by atoms with van der Waals surface area (Å²) in [5, 5.41) is 4.21. The van der Waals surface area contributed by atoms with E-state index in [0.717, 1.165) is 42.2 Å². The van der Waals surface area contributed by atoms with Crippen LogP contribution in [-0.4, -0.2) is 30.1 Å². The van der Waals surface area contributed by atoms with E-state index in [-0.39, 0.29) is 5.54 Å². The number of hydrogen-bond donors (Lipinski definition) is 2. The Labute approximate surface area is 141 Å². The Balaban J connectivity index is 1.69. The van der Waals surface area contributed by atoms with E-state index < -0.39 is 0 Å². The maximum atomic E-state index is 6.68. The van der Waals surface area contributed by atoms with Gasteiger partial charge in [-0.25, -0.2) is 4.98 Å². The molecule has 1 aromatic heterocycles. The van der Waals surface area contributed by atoms with E-state index in [4.69, 9.17) is 15.7 Å². The third-order valence-electron chi connectivity index (χ3n) is 4.76. The maximum absolute atomic E-state index is 6.68. The summed E-state index contributed by atoms with van der Waals surface area (Å²) >= 11 is 0. The molecule has 5 heteroatoms. The van der Waals surface area contributed by atoms with E-state index in [9.17, 15) is 0 Å². The van der Waals surface area contributed by atoms with Gasteiger partial charge in [0.1, 0.15) is 5.82 Å². The van der Waals surface area contributed by atoms with Crippen LogP contribution in [0.1, 0.15) is 12.0 Å². The zero-order valence-corrected chi connectivity index (χ0v) is 13.7. The van der Waals surface area contributed by atoms with Gasteiger partial charge in [0.2, 0.25) is 5.95 Å². The second-order valence-electron chi connectivity index (χ2n) is 6.33. The Morgan fingerprint density at radius 1 is 1.04 bits per heavy atom. The molecule has 0 amide bonds. The van der Waals surface area contributed by atoms with Crippen molar-refractivity contribution in [3.63, 3.8) is 0 Å². The zero-order chi connectivity index (χ0) is 16.6. The van der Waals surface area contributed by atoms with Gasteiger partial charge in [0.25, 0.3) is 0 Å². The largest absolute Gasteiger partial charge is 0.372 e. The molecule has 2 aromatic carbocycles. The van der Waals surface area contributed by atoms with E-state index in [0.29, 0.717) is 0 Å². The highest BCUT2D eigenvalue weighted by Crippen LogP contribution is 2.32. The number of aromatic nitrogens is 2. The van der Waals surface area contributed by atoms with Gasteiger partial charge in [0.15, 0.2) is 0 Å². The topological polar surface area (TPSA) is 67.1 Å². The molecule has 24 heavy (non-hydrogen) atoms. The van der Waals surface area contributed by atoms with Gasteiger partial charge in [-0.15, -0.1) is 0 Å². The maximum Gasteiger partial charge on any atom is 0.227 e. The molecule has 1 atom stereocenters. The van der Waals surface area contributed by atoms with E-state index >= 15 is 0 Å². The molecule has 122 valence electrons. The van der Waals surface area contributed by atoms with E-state index in [2.05, 4.69) is 22.3 Å². The van der Waals surface area contributed by atoms with Crippen LogP contribution in [0.25, 0.3) is 10.9 Å². The van der Waals surface area contributed by atoms with Gasteiger partial charge in [0, 0.05) is 25.5 Å². The summed E-state index contributed by atoms with van der Waals surface area (Å²) in [4.78, 5) is 11.6. The molecule has 0 aliphatic carbocycles. The number of para-hydroxylation sites is 1. The highest BCUT2D eigenvalue weighted by atomic mass is 15.3. The molecule has 1 aliphatic rings. The average Bonchev–Trinajstić information content (AvgIpc) is 3.05. The Kier molecular flexibility index (Phi) is 3.58. The Bertz CT molecular complexity index is 864. The van der Waals surface area contributed by atoms with Crippen LogP contribution in [0.3, 0.4) is 0 Å². The van der Waals surface area contributed by atoms with E-state index in [1.165, 1.54) is 5.56 Å². The molecule has 3 aromatic rings. The van der Waals surface area contributed by atoms with Crippen molar-refractivity contribution in [2.24, 2.45) is 5.73 Å². The first kappa shape index (κ1) is 14.9. The van der Waals surface area contributed by atoms with Crippen molar-refractivity contribution < 1.29 is 0 Å². The van der Waals surface area contributed by atoms with Crippen LogP contribution in [-0.2, 0) is 5.54 Å². The van der Waals surface area contributed by atoms with Gasteiger partial charge in [0.05, 0.1) is 11.1 Å². The lowest BCUT2D eigenvalue weighted by Crippen LogP contribution is -2.40. The number of fused-ring (bicyclic) bond motifs is 1. The first-order valence-electron chi connectivity index (χ1n) is 8.23. The molecule has 1 aliphatic heterocycles. The predicted octanol–water partition coefficient (Wildman–Crippen LogP) is 2.74. The second kappa shape index (κ2) is 5.76. The number of nitrogens with two attached hydrogens (primary N) is 1. The number of rotatable bonds is 3. The minimum Gasteiger partial charge on any atom is -0.372 e. The van der Waals surface area contributed by atoms with Gasteiger partial charge in [-0.2, -0.15) is 4.98 Å². The standard InChI is InChI=1S/C19H21N5/c1-21-17-15-9-5-6-10-16(15)22-18(23-17)24-12-11-19(20,13-24)14-7-3-2-4-8-14/h2-10H,11-13,20H2,1H3,(H,21,22,23). The first-order chi connectivity index (χ1) is 11.7. The van der Waals surface area contributed by atoms with Crippen LogP contribution in [0.15, 0.2) is 54.6 Å². The Morgan fingerprint density at radius 3 is 2.58 bits per heavy atom. The van der Waals surface area contributed by atoms with Crippen molar-refractivity contribution in [1.82, 2.24) is 9.97 Å². The van der Waals surface area contributed by atoms with Crippen molar-refractivity contribution in [1.29, 1.82) is 0 Å². The van der Waals surface area contributed by atoms with Crippen LogP contribution in [0.5, 0.6) is 0 Å². The molecular formula is C19H21N5. The molecule has 2 heterocycles. The lowest BCUT2D eigenvalue weighted by Gasteiger charge is -2.25. The predicted molar refractivity (Wildman–Crippen MR) is 98.2 cm³/mol. The van der Waals surface area contributed by atoms with Crippen molar-refractivity contribution in [2.75, 3.05) is 30.4 Å². The highest BCUT2D eigenvalue weighted by molar-refractivity contribution is 5.90. The molecule has 4 rings (SSSR count). The molecule has 0 spiro atoms. The second-order valence-corrected chi connectivity index (χ2v) is 6.33. The average molecular weight is 319 g/mol. The molecule has 0 saturated carbocycles. The molecule has 3 N–H and O–H groups in total. The highest BCUT2D eigenvalue weighted by Gasteiger charge is 2.37. The fourth-order valence-electron chi connectivity index (χ4n) is 3.41. The van der Waals surface area contributed by atoms with Crippen molar-refractivity contribution >= 4 is 22.7 Å². The molecule has 1 saturated heterocycles. The van der Waals surface area contributed by atoms with Crippen molar-refractivity contribution in [2.45, 2.75) is 12.0 Å². The molecule has 0 radical (unpaired) electrons. The molecule has 1 fully saturated rings. The summed E-state index contributed by atoms with van der Waals surface area (Å²) in [7, 11) is 1.89. The number of benzene rings is 2. The molecule has 5 nitrogen and oxygen atoms in total. The number of hydrogen-bond acceptors (Lipinski definition) is 5. The quantitative estimate of drug-likeness (QED) is 0.777. The van der Waals surface area contributed by atoms with E-state index in [1.54, 1.807) is 0 Å². The van der Waals surface area contributed by atoms with Crippen molar-refractivity contribution in [3.05, 3.63) is 60.2 Å². The van der Waals surface area contributed by atoms with Gasteiger partial charge in [-0.1, -0.05) is 42.5 Å². The number of nitrogens with zero attached hydrogens (tertiary/aromatic N) is 3. The molecular weight excluding hydrogens is 298 g/mol. The molecule has 0 bridgehead atoms. The van der Waals surface area contributed by atoms with Crippen LogP contribution >= 0.6 is 0 Å². The summed E-state index contributed by atoms with van der Waals surface area (Å²) in [6.07, 6.45) is 0.891. The normalized spacial score (nSPS) is 20.5. The van der Waals surface area contributed by atoms with Gasteiger partial charge in [-0.3, -0.25) is 0 Å². The van der Waals surface area contributed by atoms with Gasteiger partial charge >= 0.3 is 0 Å². The monoisotopic (exact) mass is 319 g/mol. The SMILES string of the molecule is CNc1nc(N2CCC(N)(c3ccccc3)C2)nc2ccccc12. The van der Waals surface area contributed by atoms with Crippen LogP contribution < -0.4 is 16.0 Å². The lowest BCUT2D eigenvalue weighted by atomic mass is 9.90. The smallest absolute Gasteiger partial charge is 0.227 e. The Morgan fingerprint density at radius 2 is 1.79 bits per heavy atom. The van der Waals surface area contributed by atoms with Crippen LogP contribution in [0.2, 0.25) is 0 Å². The summed E-state index contributed by atoms with van der Waals surface area (Å²) < 4.78 is 0. The van der Waals surface area contributed by atoms with Crippen LogP contribution in [0, 0.1) is 0 Å². The van der Waals surface area contributed by atoms with Gasteiger partial charge in [-0.05, 0) is 24.1 Å². The summed E-state index contributed by atoms with van der Waals surface area (Å²) in [6, 6.07) is 18.4. The summed E-state index contributed by atoms with van der Waals surface area (Å²) in [5.41, 5.74) is 8.44. The first-order valence-corrected chi connectivity index (χ1v) is 8.23. The fourth-order valence-corrected chi connectivity index (χ4v) is 3.41. The van der Waals surface area contributed by atoms with E-state index in [1.807, 2.05) is 49.5 Å². The van der Waals surface area contributed by atoms with Crippen LogP contribution in [0.4, 0.5) is 11.8 Å². The van der Waals surface area contributed by atoms with Crippen molar-refractivity contribution in [3.8, 4) is 0 Å². The molecule has 1 unspecified atom stereocenters. The third kappa shape index (κ3) is 2.47. The number of nitrogens with one attached hydrogen (secondary N) is 1. The lowest BCUT2D eigenvalue weighted by molar-refractivity contribution is 0.499. The number of anilines is 2. The summed E-state index contributed by atoms with van der Waals surface area (Å²) in [5.74, 6) is 1.59. The third-order valence-corrected chi connectivity index (χ3v) is 4.76. The summed E-state index contributed by atoms with van der Waals surface area (Å²) in [6.45, 7) is 1.57. The zero-order valence-electron chi connectivity index (χ0n) is 13.7. The minimum absolute atomic E-state index is 0.351.